The maximum Gasteiger partial charge on any atom is 0.338 e. The van der Waals surface area contributed by atoms with Gasteiger partial charge in [-0.3, -0.25) is 10.1 Å². The van der Waals surface area contributed by atoms with Gasteiger partial charge < -0.3 is 15.2 Å². The quantitative estimate of drug-likeness (QED) is 0.467. The predicted octanol–water partition coefficient (Wildman–Crippen LogP) is 3.55. The first-order valence-corrected chi connectivity index (χ1v) is 8.07. The molecule has 2 rings (SSSR count). The Kier molecular flexibility index (Phi) is 5.75. The normalized spacial score (nSPS) is 16.8. The molecule has 0 saturated carbocycles. The number of nitro benzene ring substituents is 1. The SMILES string of the molecule is CCOC(=O)C1=C(C)OC(N)=C(C#N)C1c1cc(Cl)cc(Cl)c1[N+](=O)[O-]. The molecule has 1 heterocycles. The fourth-order valence-electron chi connectivity index (χ4n) is 2.66. The maximum atomic E-state index is 12.4. The van der Waals surface area contributed by atoms with Crippen LogP contribution in [-0.2, 0) is 14.3 Å². The average molecular weight is 398 g/mol. The van der Waals surface area contributed by atoms with Gasteiger partial charge in [-0.2, -0.15) is 5.26 Å². The van der Waals surface area contributed by atoms with Crippen LogP contribution < -0.4 is 5.73 Å². The van der Waals surface area contributed by atoms with E-state index < -0.39 is 22.5 Å². The lowest BCUT2D eigenvalue weighted by atomic mass is 9.82. The van der Waals surface area contributed by atoms with E-state index in [1.54, 1.807) is 6.92 Å². The van der Waals surface area contributed by atoms with Crippen LogP contribution in [0.5, 0.6) is 0 Å². The average Bonchev–Trinajstić information content (AvgIpc) is 2.52. The number of nitrogens with zero attached hydrogens (tertiary/aromatic N) is 2. The molecule has 0 aromatic heterocycles. The number of rotatable bonds is 4. The summed E-state index contributed by atoms with van der Waals surface area (Å²) < 4.78 is 10.3. The number of nitriles is 1. The second kappa shape index (κ2) is 7.64. The zero-order valence-electron chi connectivity index (χ0n) is 13.7. The molecule has 1 aliphatic heterocycles. The number of carbonyl (C=O) groups excluding carboxylic acids is 1. The minimum absolute atomic E-state index is 0.0574. The van der Waals surface area contributed by atoms with E-state index in [-0.39, 0.29) is 45.0 Å². The highest BCUT2D eigenvalue weighted by atomic mass is 35.5. The Bertz CT molecular complexity index is 902. The van der Waals surface area contributed by atoms with E-state index in [2.05, 4.69) is 0 Å². The van der Waals surface area contributed by atoms with Gasteiger partial charge in [0.15, 0.2) is 0 Å². The van der Waals surface area contributed by atoms with E-state index in [9.17, 15) is 20.2 Å². The molecule has 0 saturated heterocycles. The lowest BCUT2D eigenvalue weighted by Crippen LogP contribution is -2.26. The summed E-state index contributed by atoms with van der Waals surface area (Å²) in [6.07, 6.45) is 0. The summed E-state index contributed by atoms with van der Waals surface area (Å²) in [7, 11) is 0. The largest absolute Gasteiger partial charge is 0.463 e. The monoisotopic (exact) mass is 397 g/mol. The summed E-state index contributed by atoms with van der Waals surface area (Å²) >= 11 is 12.0. The molecular weight excluding hydrogens is 385 g/mol. The molecule has 0 spiro atoms. The number of benzene rings is 1. The Balaban J connectivity index is 2.85. The van der Waals surface area contributed by atoms with E-state index in [0.717, 1.165) is 0 Å². The Morgan fingerprint density at radius 2 is 2.15 bits per heavy atom. The van der Waals surface area contributed by atoms with Crippen LogP contribution in [0.25, 0.3) is 0 Å². The van der Waals surface area contributed by atoms with Crippen molar-refractivity contribution in [1.29, 1.82) is 5.26 Å². The first kappa shape index (κ1) is 19.6. The molecule has 0 amide bonds. The number of ether oxygens (including phenoxy) is 2. The van der Waals surface area contributed by atoms with Gasteiger partial charge in [-0.25, -0.2) is 4.79 Å². The van der Waals surface area contributed by atoms with Crippen LogP contribution in [0, 0.1) is 21.4 Å². The van der Waals surface area contributed by atoms with Crippen LogP contribution >= 0.6 is 23.2 Å². The van der Waals surface area contributed by atoms with Crippen LogP contribution in [0.1, 0.15) is 25.3 Å². The molecular formula is C16H13Cl2N3O5. The third kappa shape index (κ3) is 3.45. The fourth-order valence-corrected chi connectivity index (χ4v) is 3.24. The Morgan fingerprint density at radius 1 is 1.50 bits per heavy atom. The number of halogens is 2. The molecule has 0 aliphatic carbocycles. The topological polar surface area (TPSA) is 128 Å². The molecule has 8 nitrogen and oxygen atoms in total. The molecule has 1 unspecified atom stereocenters. The van der Waals surface area contributed by atoms with Crippen molar-refractivity contribution in [3.05, 3.63) is 60.6 Å². The van der Waals surface area contributed by atoms with Crippen molar-refractivity contribution < 1.29 is 19.2 Å². The number of nitrogens with two attached hydrogens (primary N) is 1. The molecule has 26 heavy (non-hydrogen) atoms. The third-order valence-electron chi connectivity index (χ3n) is 3.65. The summed E-state index contributed by atoms with van der Waals surface area (Å²) in [4.78, 5) is 23.3. The summed E-state index contributed by atoms with van der Waals surface area (Å²) in [5.41, 5.74) is 4.95. The number of hydrogen-bond acceptors (Lipinski definition) is 7. The Labute approximate surface area is 158 Å². The van der Waals surface area contributed by atoms with Gasteiger partial charge in [0.1, 0.15) is 22.4 Å². The summed E-state index contributed by atoms with van der Waals surface area (Å²) in [6.45, 7) is 3.10. The number of carbonyl (C=O) groups is 1. The highest BCUT2D eigenvalue weighted by molar-refractivity contribution is 6.36. The molecule has 10 heteroatoms. The predicted molar refractivity (Wildman–Crippen MR) is 93.1 cm³/mol. The van der Waals surface area contributed by atoms with Crippen molar-refractivity contribution in [2.75, 3.05) is 6.61 Å². The molecule has 0 bridgehead atoms. The second-order valence-corrected chi connectivity index (χ2v) is 6.04. The van der Waals surface area contributed by atoms with Crippen molar-refractivity contribution in [3.8, 4) is 6.07 Å². The van der Waals surface area contributed by atoms with E-state index >= 15 is 0 Å². The van der Waals surface area contributed by atoms with Gasteiger partial charge in [-0.15, -0.1) is 0 Å². The summed E-state index contributed by atoms with van der Waals surface area (Å²) in [5, 5.41) is 20.9. The van der Waals surface area contributed by atoms with E-state index in [0.29, 0.717) is 0 Å². The number of hydrogen-bond donors (Lipinski definition) is 1. The number of esters is 1. The van der Waals surface area contributed by atoms with Crippen molar-refractivity contribution in [2.24, 2.45) is 5.73 Å². The van der Waals surface area contributed by atoms with Crippen LogP contribution in [0.3, 0.4) is 0 Å². The second-order valence-electron chi connectivity index (χ2n) is 5.20. The molecule has 1 atom stereocenters. The highest BCUT2D eigenvalue weighted by Gasteiger charge is 2.40. The maximum absolute atomic E-state index is 12.4. The van der Waals surface area contributed by atoms with Crippen LogP contribution in [0.4, 0.5) is 5.69 Å². The third-order valence-corrected chi connectivity index (χ3v) is 4.16. The van der Waals surface area contributed by atoms with Crippen molar-refractivity contribution >= 4 is 34.9 Å². The summed E-state index contributed by atoms with van der Waals surface area (Å²) in [6, 6.07) is 4.29. The fraction of sp³-hybridized carbons (Fsp3) is 0.250. The van der Waals surface area contributed by atoms with Crippen molar-refractivity contribution in [1.82, 2.24) is 0 Å². The first-order chi connectivity index (χ1) is 12.2. The van der Waals surface area contributed by atoms with Gasteiger partial charge in [0, 0.05) is 10.6 Å². The lowest BCUT2D eigenvalue weighted by Gasteiger charge is -2.26. The van der Waals surface area contributed by atoms with Crippen LogP contribution in [0.2, 0.25) is 10.0 Å². The van der Waals surface area contributed by atoms with Crippen molar-refractivity contribution in [2.45, 2.75) is 19.8 Å². The van der Waals surface area contributed by atoms with Gasteiger partial charge in [0.25, 0.3) is 5.69 Å². The zero-order chi connectivity index (χ0) is 19.6. The molecule has 136 valence electrons. The van der Waals surface area contributed by atoms with Gasteiger partial charge >= 0.3 is 5.97 Å². The molecule has 1 aromatic carbocycles. The molecule has 0 fully saturated rings. The van der Waals surface area contributed by atoms with E-state index in [1.807, 2.05) is 6.07 Å². The van der Waals surface area contributed by atoms with Gasteiger partial charge in [0.2, 0.25) is 5.88 Å². The Morgan fingerprint density at radius 3 is 2.69 bits per heavy atom. The summed E-state index contributed by atoms with van der Waals surface area (Å²) in [5.74, 6) is -2.20. The number of nitro groups is 1. The van der Waals surface area contributed by atoms with Crippen LogP contribution in [-0.4, -0.2) is 17.5 Å². The van der Waals surface area contributed by atoms with Gasteiger partial charge in [-0.05, 0) is 26.0 Å². The number of allylic oxidation sites excluding steroid dienone is 2. The standard InChI is InChI=1S/C16H13Cl2N3O5/c1-3-25-16(22)12-7(2)26-15(20)10(6-19)13(12)9-4-8(17)5-11(18)14(9)21(23)24/h4-5,13H,3,20H2,1-2H3. The first-order valence-electron chi connectivity index (χ1n) is 7.31. The van der Waals surface area contributed by atoms with Gasteiger partial charge in [0.05, 0.1) is 23.0 Å². The Hall–Kier alpha value is -2.76. The lowest BCUT2D eigenvalue weighted by molar-refractivity contribution is -0.385. The van der Waals surface area contributed by atoms with Gasteiger partial charge in [-0.1, -0.05) is 23.2 Å². The molecule has 1 aromatic rings. The minimum atomic E-state index is -1.20. The molecule has 1 aliphatic rings. The van der Waals surface area contributed by atoms with Crippen molar-refractivity contribution in [3.63, 3.8) is 0 Å². The molecule has 2 N–H and O–H groups in total. The van der Waals surface area contributed by atoms with Crippen LogP contribution in [0.15, 0.2) is 34.9 Å². The molecule has 0 radical (unpaired) electrons. The zero-order valence-corrected chi connectivity index (χ0v) is 15.2. The highest BCUT2D eigenvalue weighted by Crippen LogP contribution is 2.45. The minimum Gasteiger partial charge on any atom is -0.463 e. The smallest absolute Gasteiger partial charge is 0.338 e. The van der Waals surface area contributed by atoms with E-state index in [4.69, 9.17) is 38.4 Å². The van der Waals surface area contributed by atoms with E-state index in [1.165, 1.54) is 19.1 Å².